The number of esters is 2. The fraction of sp³-hybridized carbons (Fsp3) is 0.500. The Morgan fingerprint density at radius 3 is 1.13 bits per heavy atom. The van der Waals surface area contributed by atoms with Gasteiger partial charge in [0.1, 0.15) is 15.4 Å². The van der Waals surface area contributed by atoms with Gasteiger partial charge in [-0.25, -0.2) is 18.4 Å². The third kappa shape index (κ3) is 21.2. The molecule has 0 aliphatic carbocycles. The quantitative estimate of drug-likeness (QED) is 0.0216. The molecule has 14 heterocycles. The summed E-state index contributed by atoms with van der Waals surface area (Å²) in [5, 5.41) is 6.14. The van der Waals surface area contributed by atoms with Gasteiger partial charge in [0.25, 0.3) is 0 Å². The average Bonchev–Trinajstić information content (AvgIpc) is 1.56. The number of carbonyl (C=O) groups is 2. The molecule has 0 saturated carbocycles. The van der Waals surface area contributed by atoms with Crippen LogP contribution in [0.15, 0.2) is 80.4 Å². The molecule has 12 aromatic heterocycles. The molecule has 5 unspecified atom stereocenters. The van der Waals surface area contributed by atoms with Crippen LogP contribution in [0.4, 0.5) is 8.78 Å². The van der Waals surface area contributed by atoms with Gasteiger partial charge >= 0.3 is 26.2 Å². The number of aryl methyl sites for hydroxylation is 2. The highest BCUT2D eigenvalue weighted by molar-refractivity contribution is 9.12. The molecule has 8 nitrogen and oxygen atoms in total. The molecule has 26 heteroatoms. The zero-order valence-corrected chi connectivity index (χ0v) is 90.7. The highest BCUT2D eigenvalue weighted by Gasteiger charge is 2.58. The Kier molecular flexibility index (Phi) is 33.7. The molecule has 684 valence electrons. The summed E-state index contributed by atoms with van der Waals surface area (Å²) in [5.74, 6) is 0.760. The van der Waals surface area contributed by atoms with E-state index in [1.807, 2.05) is 107 Å². The maximum absolute atomic E-state index is 16.4. The minimum atomic E-state index is -0.663. The van der Waals surface area contributed by atoms with Crippen molar-refractivity contribution >= 4 is 264 Å². The predicted octanol–water partition coefficient (Wildman–Crippen LogP) is 36.1. The number of halogens is 4. The molecule has 128 heavy (non-hydrogen) atoms. The number of hydrogen-bond donors (Lipinski definition) is 0. The van der Waals surface area contributed by atoms with E-state index < -0.39 is 60.2 Å². The number of hydrogen-bond acceptors (Lipinski definition) is 20. The second kappa shape index (κ2) is 43.1. The van der Waals surface area contributed by atoms with E-state index in [9.17, 15) is 14.0 Å². The van der Waals surface area contributed by atoms with Gasteiger partial charge < -0.3 is 28.1 Å². The van der Waals surface area contributed by atoms with Crippen LogP contribution < -0.4 is 9.55 Å². The first-order chi connectivity index (χ1) is 61.2. The van der Waals surface area contributed by atoms with Gasteiger partial charge in [-0.1, -0.05) is 172 Å². The number of ether oxygens (including phenoxy) is 2. The Hall–Kier alpha value is -4.00. The molecule has 14 aromatic rings. The number of fused-ring (bicyclic) bond motifs is 6. The summed E-state index contributed by atoms with van der Waals surface area (Å²) in [6, 6.07) is 28.5. The van der Waals surface area contributed by atoms with Crippen LogP contribution >= 0.6 is 168 Å². The van der Waals surface area contributed by atoms with Gasteiger partial charge in [0.2, 0.25) is 5.60 Å². The maximum atomic E-state index is 16.4. The number of thiophene rings is 12. The average molecular weight is 2080 g/mol. The van der Waals surface area contributed by atoms with Crippen molar-refractivity contribution in [2.75, 3.05) is 13.2 Å². The number of rotatable bonds is 37. The molecular weight excluding hydrogens is 1960 g/mol. The van der Waals surface area contributed by atoms with Gasteiger partial charge in [-0.2, -0.15) is 0 Å². The molecule has 2 aromatic carbocycles. The van der Waals surface area contributed by atoms with E-state index >= 15 is 4.39 Å². The standard InChI is InChI=1S/C46H63B2O4S4.C46H53FO2S6.C10H7Br2FO2S2/c1-13-17-19-29(15-3)25-31-21-23-35(53-31)39-33-27-37(47-49-43(5,6)44(7,8)50-47)56-42(33)40(36-24-22-32(54-36)26-30(16-4)20-18-14-2)34-28-38(55-41(34)39)48-51-45(9,10)46(11,12)52-48;1-8-13-15-28(11-4)23-30-17-19-34(52-30)37-32-22-26(6)50-42(32)38(35-20-18-31(53-35)24-29(12-5)16-14-9-2)33-25-36(54-43(33)37)44-39-40(47)45(46(48)49-21-10-3)55-41(39)27(7)51-44;1-2-3-15-10(14)7-5(13)4-6(16-7)9(12)17-8(4)11/h21-24,27-30H,5,13-20,25-26H2,1-4,6-12H3;17-20,22,25,28-29H,8-16,21,23-24H2,1-7H3;2-3H2,1H3/q+1;;. The summed E-state index contributed by atoms with van der Waals surface area (Å²) in [4.78, 5) is 40.2. The fourth-order valence-corrected chi connectivity index (χ4v) is 33.9. The zero-order valence-electron chi connectivity index (χ0n) is 77.7. The van der Waals surface area contributed by atoms with Crippen LogP contribution in [0.3, 0.4) is 0 Å². The predicted molar refractivity (Wildman–Crippen MR) is 571 cm³/mol. The molecule has 16 rings (SSSR count). The van der Waals surface area contributed by atoms with Crippen LogP contribution in [0.2, 0.25) is 0 Å². The maximum Gasteiger partial charge on any atom is 0.508 e. The van der Waals surface area contributed by atoms with Crippen LogP contribution in [0.1, 0.15) is 282 Å². The lowest BCUT2D eigenvalue weighted by atomic mass is 9.86. The van der Waals surface area contributed by atoms with E-state index in [1.54, 1.807) is 22.7 Å². The van der Waals surface area contributed by atoms with Crippen molar-refractivity contribution < 1.29 is 46.5 Å². The fourth-order valence-electron chi connectivity index (χ4n) is 17.3. The lowest BCUT2D eigenvalue weighted by molar-refractivity contribution is 0.00578. The second-order valence-electron chi connectivity index (χ2n) is 36.5. The molecule has 2 fully saturated rings. The van der Waals surface area contributed by atoms with E-state index in [1.165, 1.54) is 232 Å². The number of benzene rings is 2. The molecule has 0 radical (unpaired) electrons. The normalized spacial score (nSPS) is 16.6. The van der Waals surface area contributed by atoms with E-state index in [0.717, 1.165) is 80.8 Å². The summed E-state index contributed by atoms with van der Waals surface area (Å²) in [5.41, 5.74) is 3.22. The molecule has 0 amide bonds. The molecule has 0 N–H and O–H groups in total. The lowest BCUT2D eigenvalue weighted by Gasteiger charge is -2.32. The second-order valence-corrected chi connectivity index (χ2v) is 52.6. The van der Waals surface area contributed by atoms with Gasteiger partial charge in [0.05, 0.1) is 58.6 Å². The van der Waals surface area contributed by atoms with Gasteiger partial charge in [-0.05, 0) is 222 Å². The SMILES string of the molecule is CCCCC(CC)Cc1ccc(-c2c3cc(-c4sc(C)c5sc(C(=O)OCCC)c(F)c45)sc3c(-c3ccc(CC(CC)CCCC)s3)c3cc(C)sc23)s1.CCCOC(=O)c1sc2c(Br)sc(Br)c2c1F.[CH2+]C1(C)OB(c2cc3c(-c4ccc(CC(CC)CCCC)s4)c4sc(B5OC(C)(C)C(C)(C)O5)cc4c(-c4ccc(CC(CC)CCCC)s4)c3s2)OC1(C)C. The molecular formula is C102H123B2Br2F2O8S12+. The van der Waals surface area contributed by atoms with E-state index in [4.69, 9.17) is 28.1 Å². The summed E-state index contributed by atoms with van der Waals surface area (Å²) in [6.07, 6.45) is 26.1. The first kappa shape index (κ1) is 100.0. The molecule has 0 bridgehead atoms. The van der Waals surface area contributed by atoms with Crippen LogP contribution in [-0.2, 0) is 53.8 Å². The highest BCUT2D eigenvalue weighted by atomic mass is 79.9. The Morgan fingerprint density at radius 2 is 0.758 bits per heavy atom. The molecule has 2 aliphatic rings. The van der Waals surface area contributed by atoms with Crippen molar-refractivity contribution in [2.45, 2.75) is 295 Å². The van der Waals surface area contributed by atoms with Gasteiger partial charge in [-0.3, -0.25) is 0 Å². The van der Waals surface area contributed by atoms with E-state index in [0.29, 0.717) is 51.3 Å². The van der Waals surface area contributed by atoms with Crippen LogP contribution in [-0.4, -0.2) is 61.8 Å². The smallest absolute Gasteiger partial charge is 0.461 e. The van der Waals surface area contributed by atoms with Crippen LogP contribution in [0.25, 0.3) is 112 Å². The van der Waals surface area contributed by atoms with Crippen molar-refractivity contribution in [3.63, 3.8) is 0 Å². The molecule has 5 atom stereocenters. The Balaban J connectivity index is 0.000000175. The van der Waals surface area contributed by atoms with E-state index in [2.05, 4.69) is 215 Å². The van der Waals surface area contributed by atoms with Crippen molar-refractivity contribution in [1.29, 1.82) is 0 Å². The van der Waals surface area contributed by atoms with Gasteiger partial charge in [-0.15, -0.1) is 136 Å². The van der Waals surface area contributed by atoms with Crippen molar-refractivity contribution in [3.8, 4) is 51.5 Å². The summed E-state index contributed by atoms with van der Waals surface area (Å²) in [7, 11) is -0.899. The van der Waals surface area contributed by atoms with Crippen molar-refractivity contribution in [3.05, 3.63) is 138 Å². The summed E-state index contributed by atoms with van der Waals surface area (Å²) >= 11 is 27.2. The minimum absolute atomic E-state index is 0.0395. The largest absolute Gasteiger partial charge is 0.508 e. The molecule has 2 aliphatic heterocycles. The monoisotopic (exact) mass is 2080 g/mol. The van der Waals surface area contributed by atoms with Gasteiger partial charge in [0, 0.05) is 138 Å². The van der Waals surface area contributed by atoms with Crippen LogP contribution in [0, 0.1) is 56.1 Å². The van der Waals surface area contributed by atoms with Crippen LogP contribution in [0.5, 0.6) is 0 Å². The Labute approximate surface area is 823 Å². The van der Waals surface area contributed by atoms with Crippen molar-refractivity contribution in [1.82, 2.24) is 0 Å². The number of unbranched alkanes of at least 4 members (excludes halogenated alkanes) is 4. The first-order valence-corrected chi connectivity index (χ1v) is 57.7. The third-order valence-corrected chi connectivity index (χ3v) is 42.0. The Morgan fingerprint density at radius 1 is 0.398 bits per heavy atom. The Bertz CT molecular complexity index is 5850. The minimum Gasteiger partial charge on any atom is -0.461 e. The molecule has 2 saturated heterocycles. The molecule has 0 spiro atoms. The van der Waals surface area contributed by atoms with Gasteiger partial charge in [0.15, 0.2) is 11.6 Å². The first-order valence-electron chi connectivity index (χ1n) is 46.3. The third-order valence-electron chi connectivity index (χ3n) is 26.1. The number of carbonyl (C=O) groups excluding carboxylic acids is 2. The highest BCUT2D eigenvalue weighted by Crippen LogP contribution is 2.58. The summed E-state index contributed by atoms with van der Waals surface area (Å²) in [6.45, 7) is 46.5. The van der Waals surface area contributed by atoms with E-state index in [-0.39, 0.29) is 16.4 Å². The van der Waals surface area contributed by atoms with Crippen molar-refractivity contribution in [2.24, 2.45) is 23.7 Å². The lowest BCUT2D eigenvalue weighted by Crippen LogP contribution is -2.42. The summed E-state index contributed by atoms with van der Waals surface area (Å²) < 4.78 is 78.0. The zero-order chi connectivity index (χ0) is 91.6. The topological polar surface area (TPSA) is 89.5 Å².